The normalized spacial score (nSPS) is 33.5. The molecule has 3 fully saturated rings. The Bertz CT molecular complexity index is 508. The van der Waals surface area contributed by atoms with Crippen LogP contribution in [0.4, 0.5) is 0 Å². The molecule has 5 unspecified atom stereocenters. The van der Waals surface area contributed by atoms with Gasteiger partial charge in [0.2, 0.25) is 0 Å². The van der Waals surface area contributed by atoms with Crippen molar-refractivity contribution in [1.29, 1.82) is 0 Å². The van der Waals surface area contributed by atoms with E-state index in [1.807, 2.05) is 24.3 Å². The van der Waals surface area contributed by atoms with Gasteiger partial charge >= 0.3 is 0 Å². The van der Waals surface area contributed by atoms with Crippen LogP contribution in [0.25, 0.3) is 0 Å². The van der Waals surface area contributed by atoms with E-state index in [2.05, 4.69) is 5.32 Å². The van der Waals surface area contributed by atoms with Gasteiger partial charge in [-0.05, 0) is 24.1 Å². The quantitative estimate of drug-likeness (QED) is 0.698. The van der Waals surface area contributed by atoms with Gasteiger partial charge in [0, 0.05) is 19.7 Å². The summed E-state index contributed by atoms with van der Waals surface area (Å²) in [4.78, 5) is 0. The van der Waals surface area contributed by atoms with Gasteiger partial charge in [0.1, 0.15) is 30.2 Å². The Kier molecular flexibility index (Phi) is 6.04. The monoisotopic (exact) mass is 339 g/mol. The van der Waals surface area contributed by atoms with Crippen molar-refractivity contribution in [2.75, 3.05) is 26.9 Å². The van der Waals surface area contributed by atoms with Gasteiger partial charge in [0.05, 0.1) is 13.7 Å². The molecule has 24 heavy (non-hydrogen) atoms. The third-order valence-electron chi connectivity index (χ3n) is 4.36. The molecule has 3 aliphatic heterocycles. The molecule has 0 aliphatic carbocycles. The molecule has 134 valence electrons. The topological polar surface area (TPSA) is 89.4 Å². The Hall–Kier alpha value is -1.22. The molecule has 3 aliphatic rings. The fourth-order valence-electron chi connectivity index (χ4n) is 2.99. The van der Waals surface area contributed by atoms with Gasteiger partial charge in [-0.2, -0.15) is 0 Å². The highest BCUT2D eigenvalue weighted by Crippen LogP contribution is 2.26. The maximum atomic E-state index is 10.3. The Balaban J connectivity index is 1.57. The van der Waals surface area contributed by atoms with E-state index in [4.69, 9.17) is 18.9 Å². The first-order chi connectivity index (χ1) is 11.7. The van der Waals surface area contributed by atoms with Crippen LogP contribution < -0.4 is 10.1 Å². The molecular formula is C17H25NO6. The zero-order valence-corrected chi connectivity index (χ0v) is 13.8. The average molecular weight is 339 g/mol. The Morgan fingerprint density at radius 2 is 1.88 bits per heavy atom. The highest BCUT2D eigenvalue weighted by atomic mass is 16.7. The molecule has 0 saturated carbocycles. The summed E-state index contributed by atoms with van der Waals surface area (Å²) in [6, 6.07) is 7.79. The number of rotatable bonds is 5. The van der Waals surface area contributed by atoms with E-state index in [1.54, 1.807) is 7.11 Å². The van der Waals surface area contributed by atoms with Crippen molar-refractivity contribution in [3.8, 4) is 5.75 Å². The summed E-state index contributed by atoms with van der Waals surface area (Å²) in [5.74, 6) is 0.818. The Labute approximate surface area is 141 Å². The second-order valence-electron chi connectivity index (χ2n) is 6.06. The average Bonchev–Trinajstić information content (AvgIpc) is 2.74. The molecule has 0 aromatic heterocycles. The summed E-state index contributed by atoms with van der Waals surface area (Å²) in [7, 11) is 1.64. The van der Waals surface area contributed by atoms with Crippen LogP contribution in [0.5, 0.6) is 5.75 Å². The third-order valence-corrected chi connectivity index (χ3v) is 4.36. The first-order valence-corrected chi connectivity index (χ1v) is 8.27. The minimum atomic E-state index is -1.09. The number of aliphatic hydroxyl groups is 2. The molecule has 4 rings (SSSR count). The van der Waals surface area contributed by atoms with Crippen molar-refractivity contribution in [3.63, 3.8) is 0 Å². The summed E-state index contributed by atoms with van der Waals surface area (Å²) in [5.41, 5.74) is 1.11. The SMILES string of the molecule is COc1ccc(CNCC2OC3OCCCOC2C(O)C3O)cc1. The predicted octanol–water partition coefficient (Wildman–Crippen LogP) is 0.0370. The van der Waals surface area contributed by atoms with E-state index < -0.39 is 24.6 Å². The molecule has 0 amide bonds. The Morgan fingerprint density at radius 1 is 1.12 bits per heavy atom. The molecule has 0 radical (unpaired) electrons. The molecule has 0 spiro atoms. The van der Waals surface area contributed by atoms with Gasteiger partial charge in [0.25, 0.3) is 0 Å². The molecule has 3 N–H and O–H groups in total. The molecule has 3 saturated heterocycles. The minimum Gasteiger partial charge on any atom is -0.497 e. The molecule has 3 heterocycles. The van der Waals surface area contributed by atoms with Crippen LogP contribution in [0, 0.1) is 0 Å². The summed E-state index contributed by atoms with van der Waals surface area (Å²) in [5, 5.41) is 23.6. The van der Waals surface area contributed by atoms with Gasteiger partial charge in [-0.15, -0.1) is 0 Å². The molecule has 1 aromatic rings. The number of hydrogen-bond donors (Lipinski definition) is 3. The van der Waals surface area contributed by atoms with Crippen LogP contribution in [0.1, 0.15) is 12.0 Å². The lowest BCUT2D eigenvalue weighted by Gasteiger charge is -2.41. The fourth-order valence-corrected chi connectivity index (χ4v) is 2.99. The lowest BCUT2D eigenvalue weighted by atomic mass is 9.98. The van der Waals surface area contributed by atoms with Crippen LogP contribution in [0.15, 0.2) is 24.3 Å². The largest absolute Gasteiger partial charge is 0.497 e. The zero-order valence-electron chi connectivity index (χ0n) is 13.8. The van der Waals surface area contributed by atoms with Gasteiger partial charge in [-0.1, -0.05) is 12.1 Å². The highest BCUT2D eigenvalue weighted by molar-refractivity contribution is 5.27. The summed E-state index contributed by atoms with van der Waals surface area (Å²) in [6.07, 6.45) is -3.17. The molecule has 2 bridgehead atoms. The number of nitrogens with one attached hydrogen (secondary N) is 1. The number of benzene rings is 1. The molecule has 7 nitrogen and oxygen atoms in total. The van der Waals surface area contributed by atoms with Crippen molar-refractivity contribution in [3.05, 3.63) is 29.8 Å². The van der Waals surface area contributed by atoms with E-state index in [1.165, 1.54) is 0 Å². The number of fused-ring (bicyclic) bond motifs is 6. The maximum absolute atomic E-state index is 10.3. The van der Waals surface area contributed by atoms with Crippen LogP contribution in [0.3, 0.4) is 0 Å². The second kappa shape index (κ2) is 8.24. The standard InChI is InChI=1S/C17H25NO6/c1-21-12-5-3-11(4-6-12)9-18-10-13-16-14(19)15(20)17(24-13)23-8-2-7-22-16/h3-6,13-20H,2,7-10H2,1H3. The summed E-state index contributed by atoms with van der Waals surface area (Å²) >= 11 is 0. The van der Waals surface area contributed by atoms with E-state index in [0.717, 1.165) is 11.3 Å². The number of methoxy groups -OCH3 is 1. The lowest BCUT2D eigenvalue weighted by Crippen LogP contribution is -2.60. The molecular weight excluding hydrogens is 314 g/mol. The second-order valence-corrected chi connectivity index (χ2v) is 6.06. The zero-order chi connectivity index (χ0) is 16.9. The molecule has 7 heteroatoms. The number of hydrogen-bond acceptors (Lipinski definition) is 7. The van der Waals surface area contributed by atoms with Crippen LogP contribution >= 0.6 is 0 Å². The number of ether oxygens (including phenoxy) is 4. The third kappa shape index (κ3) is 4.05. The van der Waals surface area contributed by atoms with E-state index in [9.17, 15) is 10.2 Å². The van der Waals surface area contributed by atoms with Crippen molar-refractivity contribution in [2.45, 2.75) is 43.7 Å². The first-order valence-electron chi connectivity index (χ1n) is 8.27. The van der Waals surface area contributed by atoms with Gasteiger partial charge in [-0.25, -0.2) is 0 Å². The summed E-state index contributed by atoms with van der Waals surface area (Å²) in [6.45, 7) is 2.05. The van der Waals surface area contributed by atoms with Crippen molar-refractivity contribution in [1.82, 2.24) is 5.32 Å². The minimum absolute atomic E-state index is 0.384. The molecule has 5 atom stereocenters. The van der Waals surface area contributed by atoms with Crippen LogP contribution in [-0.4, -0.2) is 67.8 Å². The highest BCUT2D eigenvalue weighted by Gasteiger charge is 2.46. The van der Waals surface area contributed by atoms with Crippen molar-refractivity contribution < 1.29 is 29.2 Å². The fraction of sp³-hybridized carbons (Fsp3) is 0.647. The summed E-state index contributed by atoms with van der Waals surface area (Å²) < 4.78 is 22.1. The first kappa shape index (κ1) is 17.6. The molecule has 1 aromatic carbocycles. The van der Waals surface area contributed by atoms with E-state index >= 15 is 0 Å². The van der Waals surface area contributed by atoms with Gasteiger partial charge < -0.3 is 34.5 Å². The Morgan fingerprint density at radius 3 is 2.62 bits per heavy atom. The van der Waals surface area contributed by atoms with E-state index in [0.29, 0.717) is 32.7 Å². The van der Waals surface area contributed by atoms with Crippen LogP contribution in [-0.2, 0) is 20.8 Å². The van der Waals surface area contributed by atoms with E-state index in [-0.39, 0.29) is 6.10 Å². The maximum Gasteiger partial charge on any atom is 0.186 e. The predicted molar refractivity (Wildman–Crippen MR) is 85.7 cm³/mol. The smallest absolute Gasteiger partial charge is 0.186 e. The van der Waals surface area contributed by atoms with Gasteiger partial charge in [0.15, 0.2) is 6.29 Å². The number of aliphatic hydroxyl groups excluding tert-OH is 2. The van der Waals surface area contributed by atoms with Gasteiger partial charge in [-0.3, -0.25) is 0 Å². The lowest BCUT2D eigenvalue weighted by molar-refractivity contribution is -0.292. The van der Waals surface area contributed by atoms with Crippen molar-refractivity contribution in [2.24, 2.45) is 0 Å². The van der Waals surface area contributed by atoms with Crippen molar-refractivity contribution >= 4 is 0 Å². The van der Waals surface area contributed by atoms with Crippen LogP contribution in [0.2, 0.25) is 0 Å².